The molecule has 0 fully saturated rings. The number of H-pyrrole nitrogens is 1. The van der Waals surface area contributed by atoms with Crippen molar-refractivity contribution < 1.29 is 14.0 Å². The van der Waals surface area contributed by atoms with Crippen LogP contribution in [0.3, 0.4) is 0 Å². The number of carbonyl (C=O) groups excluding carboxylic acids is 2. The van der Waals surface area contributed by atoms with Gasteiger partial charge in [-0.2, -0.15) is 0 Å². The van der Waals surface area contributed by atoms with Crippen LogP contribution in [0.4, 0.5) is 10.1 Å². The van der Waals surface area contributed by atoms with Crippen molar-refractivity contribution in [3.05, 3.63) is 65.6 Å². The SMILES string of the molecule is CC(=O)c1cccc(NC(=O)Cc2c[nH]c3ccc(F)cc23)c1. The lowest BCUT2D eigenvalue weighted by atomic mass is 10.1. The minimum Gasteiger partial charge on any atom is -0.361 e. The van der Waals surface area contributed by atoms with Crippen molar-refractivity contribution >= 4 is 28.3 Å². The first-order valence-electron chi connectivity index (χ1n) is 7.19. The van der Waals surface area contributed by atoms with E-state index in [2.05, 4.69) is 10.3 Å². The van der Waals surface area contributed by atoms with Crippen molar-refractivity contribution in [2.45, 2.75) is 13.3 Å². The lowest BCUT2D eigenvalue weighted by Gasteiger charge is -2.06. The third kappa shape index (κ3) is 3.29. The Hall–Kier alpha value is -2.95. The molecule has 1 heterocycles. The molecule has 0 aliphatic carbocycles. The van der Waals surface area contributed by atoms with E-state index in [1.54, 1.807) is 36.5 Å². The summed E-state index contributed by atoms with van der Waals surface area (Å²) in [5.74, 6) is -0.628. The molecule has 1 amide bonds. The Morgan fingerprint density at radius 2 is 2.00 bits per heavy atom. The second-order valence-corrected chi connectivity index (χ2v) is 5.37. The predicted molar refractivity (Wildman–Crippen MR) is 87.0 cm³/mol. The normalized spacial score (nSPS) is 10.7. The van der Waals surface area contributed by atoms with Crippen LogP contribution >= 0.6 is 0 Å². The smallest absolute Gasteiger partial charge is 0.228 e. The maximum atomic E-state index is 13.4. The molecule has 5 heteroatoms. The van der Waals surface area contributed by atoms with Crippen LogP contribution in [-0.4, -0.2) is 16.7 Å². The number of aromatic nitrogens is 1. The summed E-state index contributed by atoms with van der Waals surface area (Å²) < 4.78 is 13.4. The molecular weight excluding hydrogens is 295 g/mol. The van der Waals surface area contributed by atoms with Gasteiger partial charge in [0.15, 0.2) is 5.78 Å². The zero-order valence-electron chi connectivity index (χ0n) is 12.5. The largest absolute Gasteiger partial charge is 0.361 e. The number of rotatable bonds is 4. The number of aromatic amines is 1. The van der Waals surface area contributed by atoms with Gasteiger partial charge in [-0.15, -0.1) is 0 Å². The minimum atomic E-state index is -0.340. The Labute approximate surface area is 132 Å². The van der Waals surface area contributed by atoms with Crippen molar-refractivity contribution in [2.24, 2.45) is 0 Å². The summed E-state index contributed by atoms with van der Waals surface area (Å²) in [7, 11) is 0. The number of amides is 1. The lowest BCUT2D eigenvalue weighted by molar-refractivity contribution is -0.115. The van der Waals surface area contributed by atoms with Crippen molar-refractivity contribution in [3.63, 3.8) is 0 Å². The summed E-state index contributed by atoms with van der Waals surface area (Å²) in [5.41, 5.74) is 2.61. The third-order valence-electron chi connectivity index (χ3n) is 3.63. The Balaban J connectivity index is 1.77. The van der Waals surface area contributed by atoms with Gasteiger partial charge in [0.2, 0.25) is 5.91 Å². The average Bonchev–Trinajstić information content (AvgIpc) is 2.89. The lowest BCUT2D eigenvalue weighted by Crippen LogP contribution is -2.14. The molecule has 0 aliphatic rings. The molecule has 0 saturated carbocycles. The topological polar surface area (TPSA) is 62.0 Å². The molecule has 0 spiro atoms. The average molecular weight is 310 g/mol. The van der Waals surface area contributed by atoms with Crippen molar-refractivity contribution in [2.75, 3.05) is 5.32 Å². The van der Waals surface area contributed by atoms with Gasteiger partial charge in [-0.05, 0) is 42.8 Å². The van der Waals surface area contributed by atoms with Gasteiger partial charge in [0.25, 0.3) is 0 Å². The minimum absolute atomic E-state index is 0.0618. The molecular formula is C18H15FN2O2. The Morgan fingerprint density at radius 1 is 1.17 bits per heavy atom. The third-order valence-corrected chi connectivity index (χ3v) is 3.63. The molecule has 23 heavy (non-hydrogen) atoms. The summed E-state index contributed by atoms with van der Waals surface area (Å²) in [6.45, 7) is 1.47. The first kappa shape index (κ1) is 15.0. The summed E-state index contributed by atoms with van der Waals surface area (Å²) in [5, 5.41) is 3.45. The summed E-state index contributed by atoms with van der Waals surface area (Å²) >= 11 is 0. The zero-order chi connectivity index (χ0) is 16.4. The van der Waals surface area contributed by atoms with Crippen LogP contribution in [0.1, 0.15) is 22.8 Å². The molecule has 0 aliphatic heterocycles. The molecule has 2 N–H and O–H groups in total. The summed E-state index contributed by atoms with van der Waals surface area (Å²) in [6.07, 6.45) is 1.82. The van der Waals surface area contributed by atoms with Crippen LogP contribution in [0, 0.1) is 5.82 Å². The number of fused-ring (bicyclic) bond motifs is 1. The number of Topliss-reactive ketones (excluding diaryl/α,β-unsaturated/α-hetero) is 1. The number of carbonyl (C=O) groups is 2. The Bertz CT molecular complexity index is 899. The van der Waals surface area contributed by atoms with Gasteiger partial charge < -0.3 is 10.3 Å². The van der Waals surface area contributed by atoms with Crippen LogP contribution in [0.5, 0.6) is 0 Å². The van der Waals surface area contributed by atoms with E-state index in [0.29, 0.717) is 16.6 Å². The Kier molecular flexibility index (Phi) is 3.93. The first-order chi connectivity index (χ1) is 11.0. The fraction of sp³-hybridized carbons (Fsp3) is 0.111. The molecule has 116 valence electrons. The van der Waals surface area contributed by atoms with E-state index in [4.69, 9.17) is 0 Å². The molecule has 4 nitrogen and oxygen atoms in total. The molecule has 0 bridgehead atoms. The summed E-state index contributed by atoms with van der Waals surface area (Å²) in [6, 6.07) is 11.2. The quantitative estimate of drug-likeness (QED) is 0.722. The van der Waals surface area contributed by atoms with E-state index in [1.807, 2.05) is 0 Å². The van der Waals surface area contributed by atoms with Crippen LogP contribution in [0.25, 0.3) is 10.9 Å². The maximum absolute atomic E-state index is 13.4. The highest BCUT2D eigenvalue weighted by atomic mass is 19.1. The number of nitrogens with one attached hydrogen (secondary N) is 2. The molecule has 3 rings (SSSR count). The van der Waals surface area contributed by atoms with Crippen LogP contribution in [0.2, 0.25) is 0 Å². The predicted octanol–water partition coefficient (Wildman–Crippen LogP) is 3.69. The second-order valence-electron chi connectivity index (χ2n) is 5.37. The number of ketones is 1. The van der Waals surface area contributed by atoms with E-state index in [9.17, 15) is 14.0 Å². The molecule has 0 radical (unpaired) electrons. The van der Waals surface area contributed by atoms with Gasteiger partial charge in [0.1, 0.15) is 5.82 Å². The van der Waals surface area contributed by atoms with E-state index < -0.39 is 0 Å². The second kappa shape index (κ2) is 6.04. The number of anilines is 1. The standard InChI is InChI=1S/C18H15FN2O2/c1-11(22)12-3-2-4-15(7-12)21-18(23)8-13-10-20-17-6-5-14(19)9-16(13)17/h2-7,9-10,20H,8H2,1H3,(H,21,23). The fourth-order valence-corrected chi connectivity index (χ4v) is 2.49. The van der Waals surface area contributed by atoms with Gasteiger partial charge in [-0.3, -0.25) is 9.59 Å². The van der Waals surface area contributed by atoms with Crippen molar-refractivity contribution in [1.29, 1.82) is 0 Å². The highest BCUT2D eigenvalue weighted by Gasteiger charge is 2.10. The van der Waals surface area contributed by atoms with Gasteiger partial charge in [-0.25, -0.2) is 4.39 Å². The highest BCUT2D eigenvalue weighted by Crippen LogP contribution is 2.20. The zero-order valence-corrected chi connectivity index (χ0v) is 12.5. The van der Waals surface area contributed by atoms with Gasteiger partial charge in [-0.1, -0.05) is 12.1 Å². The maximum Gasteiger partial charge on any atom is 0.228 e. The molecule has 3 aromatic rings. The number of hydrogen-bond acceptors (Lipinski definition) is 2. The van der Waals surface area contributed by atoms with Crippen LogP contribution in [-0.2, 0) is 11.2 Å². The molecule has 1 aromatic heterocycles. The van der Waals surface area contributed by atoms with Gasteiger partial charge in [0, 0.05) is 28.4 Å². The monoisotopic (exact) mass is 310 g/mol. The number of hydrogen-bond donors (Lipinski definition) is 2. The molecule has 0 unspecified atom stereocenters. The van der Waals surface area contributed by atoms with E-state index in [-0.39, 0.29) is 23.9 Å². The first-order valence-corrected chi connectivity index (χ1v) is 7.19. The molecule has 0 atom stereocenters. The van der Waals surface area contributed by atoms with Crippen LogP contribution < -0.4 is 5.32 Å². The fourth-order valence-electron chi connectivity index (χ4n) is 2.49. The molecule has 2 aromatic carbocycles. The van der Waals surface area contributed by atoms with E-state index in [0.717, 1.165) is 11.1 Å². The van der Waals surface area contributed by atoms with Gasteiger partial charge in [0.05, 0.1) is 6.42 Å². The van der Waals surface area contributed by atoms with Gasteiger partial charge >= 0.3 is 0 Å². The van der Waals surface area contributed by atoms with Crippen LogP contribution in [0.15, 0.2) is 48.7 Å². The van der Waals surface area contributed by atoms with Crippen molar-refractivity contribution in [1.82, 2.24) is 4.98 Å². The van der Waals surface area contributed by atoms with Crippen molar-refractivity contribution in [3.8, 4) is 0 Å². The summed E-state index contributed by atoms with van der Waals surface area (Å²) in [4.78, 5) is 26.6. The highest BCUT2D eigenvalue weighted by molar-refractivity contribution is 5.98. The Morgan fingerprint density at radius 3 is 2.78 bits per heavy atom. The molecule has 0 saturated heterocycles. The number of halogens is 1. The van der Waals surface area contributed by atoms with E-state index in [1.165, 1.54) is 19.1 Å². The van der Waals surface area contributed by atoms with E-state index >= 15 is 0 Å². The number of benzene rings is 2.